The average molecular weight is 352 g/mol. The number of rotatable bonds is 2. The maximum absolute atomic E-state index is 9.92. The van der Waals surface area contributed by atoms with Crippen LogP contribution < -0.4 is 0 Å². The van der Waals surface area contributed by atoms with Crippen molar-refractivity contribution >= 4 is 22.6 Å². The lowest BCUT2D eigenvalue weighted by molar-refractivity contribution is 0.475. The number of nitriles is 1. The van der Waals surface area contributed by atoms with Crippen LogP contribution in [-0.4, -0.2) is 10.2 Å². The van der Waals surface area contributed by atoms with Crippen molar-refractivity contribution in [2.75, 3.05) is 0 Å². The molecule has 0 spiro atoms. The van der Waals surface area contributed by atoms with E-state index >= 15 is 0 Å². The first-order valence-corrected chi connectivity index (χ1v) is 7.68. The second-order valence-electron chi connectivity index (χ2n) is 5.43. The highest BCUT2D eigenvalue weighted by Crippen LogP contribution is 2.45. The van der Waals surface area contributed by atoms with Gasteiger partial charge in [-0.05, 0) is 36.4 Å². The maximum Gasteiger partial charge on any atom is 0.156 e. The van der Waals surface area contributed by atoms with Gasteiger partial charge in [0.1, 0.15) is 23.3 Å². The van der Waals surface area contributed by atoms with E-state index in [2.05, 4.69) is 6.07 Å². The number of hydrogen-bond donors (Lipinski definition) is 2. The summed E-state index contributed by atoms with van der Waals surface area (Å²) in [5, 5.41) is 29.5. The molecule has 4 rings (SSSR count). The van der Waals surface area contributed by atoms with Crippen LogP contribution in [0.3, 0.4) is 0 Å². The molecule has 2 aromatic carbocycles. The van der Waals surface area contributed by atoms with Gasteiger partial charge in [-0.15, -0.1) is 0 Å². The summed E-state index contributed by atoms with van der Waals surface area (Å²) >= 11 is 6.21. The standard InChI is InChI=1S/C19H10ClNO4/c20-15-8-13(23)7-14-16(17-11(9-21)5-6-24-17)18(25-19(14)15)10-1-3-12(22)4-2-10/h1-8,22-23H. The third kappa shape index (κ3) is 2.40. The highest BCUT2D eigenvalue weighted by Gasteiger charge is 2.24. The lowest BCUT2D eigenvalue weighted by Gasteiger charge is -2.02. The van der Waals surface area contributed by atoms with E-state index in [1.807, 2.05) is 0 Å². The van der Waals surface area contributed by atoms with Gasteiger partial charge in [0.25, 0.3) is 0 Å². The lowest BCUT2D eigenvalue weighted by atomic mass is 10.0. The predicted octanol–water partition coefficient (Wildman–Crippen LogP) is 5.30. The van der Waals surface area contributed by atoms with Crippen molar-refractivity contribution in [3.63, 3.8) is 0 Å². The minimum atomic E-state index is -0.0260. The molecule has 0 atom stereocenters. The van der Waals surface area contributed by atoms with Crippen molar-refractivity contribution in [3.05, 3.63) is 59.3 Å². The Labute approximate surface area is 146 Å². The summed E-state index contributed by atoms with van der Waals surface area (Å²) in [4.78, 5) is 0. The first-order chi connectivity index (χ1) is 12.1. The number of hydrogen-bond acceptors (Lipinski definition) is 5. The van der Waals surface area contributed by atoms with Gasteiger partial charge in [0.2, 0.25) is 0 Å². The Morgan fingerprint density at radius 3 is 2.44 bits per heavy atom. The van der Waals surface area contributed by atoms with Crippen molar-refractivity contribution in [2.24, 2.45) is 0 Å². The van der Waals surface area contributed by atoms with Crippen LogP contribution in [0.25, 0.3) is 33.6 Å². The van der Waals surface area contributed by atoms with Crippen LogP contribution in [-0.2, 0) is 0 Å². The van der Waals surface area contributed by atoms with Crippen LogP contribution in [0, 0.1) is 11.3 Å². The topological polar surface area (TPSA) is 90.5 Å². The summed E-state index contributed by atoms with van der Waals surface area (Å²) in [6.07, 6.45) is 1.41. The van der Waals surface area contributed by atoms with Gasteiger partial charge >= 0.3 is 0 Å². The molecule has 0 aliphatic rings. The number of furan rings is 2. The molecule has 4 aromatic rings. The number of halogens is 1. The Bertz CT molecular complexity index is 1130. The number of aromatic hydroxyl groups is 2. The Balaban J connectivity index is 2.12. The molecule has 0 unspecified atom stereocenters. The minimum absolute atomic E-state index is 0.0260. The van der Waals surface area contributed by atoms with Crippen LogP contribution in [0.4, 0.5) is 0 Å². The summed E-state index contributed by atoms with van der Waals surface area (Å²) < 4.78 is 11.5. The third-order valence-corrected chi connectivity index (χ3v) is 4.15. The highest BCUT2D eigenvalue weighted by molar-refractivity contribution is 6.35. The zero-order valence-corrected chi connectivity index (χ0v) is 13.4. The zero-order chi connectivity index (χ0) is 17.6. The SMILES string of the molecule is N#Cc1ccoc1-c1c(-c2ccc(O)cc2)oc2c(Cl)cc(O)cc12. The molecule has 2 heterocycles. The molecule has 25 heavy (non-hydrogen) atoms. The Kier molecular flexibility index (Phi) is 3.41. The Morgan fingerprint density at radius 1 is 0.960 bits per heavy atom. The van der Waals surface area contributed by atoms with E-state index < -0.39 is 0 Å². The van der Waals surface area contributed by atoms with E-state index in [-0.39, 0.29) is 16.5 Å². The van der Waals surface area contributed by atoms with Crippen molar-refractivity contribution in [1.82, 2.24) is 0 Å². The van der Waals surface area contributed by atoms with Gasteiger partial charge in [-0.3, -0.25) is 0 Å². The molecule has 6 heteroatoms. The molecule has 2 aromatic heterocycles. The molecule has 122 valence electrons. The van der Waals surface area contributed by atoms with Crippen molar-refractivity contribution in [3.8, 4) is 40.2 Å². The molecular formula is C19H10ClNO4. The Morgan fingerprint density at radius 2 is 1.72 bits per heavy atom. The number of fused-ring (bicyclic) bond motifs is 1. The van der Waals surface area contributed by atoms with Gasteiger partial charge < -0.3 is 19.0 Å². The second kappa shape index (κ2) is 5.62. The van der Waals surface area contributed by atoms with Crippen molar-refractivity contribution in [1.29, 1.82) is 5.26 Å². The van der Waals surface area contributed by atoms with Crippen LogP contribution >= 0.6 is 11.6 Å². The summed E-state index contributed by atoms with van der Waals surface area (Å²) in [6, 6.07) is 12.9. The molecule has 0 aliphatic heterocycles. The molecule has 0 aliphatic carbocycles. The smallest absolute Gasteiger partial charge is 0.156 e. The number of benzene rings is 2. The molecule has 2 N–H and O–H groups in total. The third-order valence-electron chi connectivity index (χ3n) is 3.87. The highest BCUT2D eigenvalue weighted by atomic mass is 35.5. The molecule has 0 amide bonds. The van der Waals surface area contributed by atoms with Gasteiger partial charge in [-0.1, -0.05) is 11.6 Å². The van der Waals surface area contributed by atoms with Crippen molar-refractivity contribution in [2.45, 2.75) is 0 Å². The van der Waals surface area contributed by atoms with Crippen LogP contribution in [0.2, 0.25) is 5.02 Å². The van der Waals surface area contributed by atoms with E-state index in [1.165, 1.54) is 30.5 Å². The van der Waals surface area contributed by atoms with E-state index in [0.717, 1.165) is 0 Å². The first kappa shape index (κ1) is 15.2. The predicted molar refractivity (Wildman–Crippen MR) is 92.4 cm³/mol. The van der Waals surface area contributed by atoms with Crippen molar-refractivity contribution < 1.29 is 19.0 Å². The largest absolute Gasteiger partial charge is 0.508 e. The molecule has 0 radical (unpaired) electrons. The summed E-state index contributed by atoms with van der Waals surface area (Å²) in [5.74, 6) is 0.842. The van der Waals surface area contributed by atoms with Crippen LogP contribution in [0.15, 0.2) is 57.6 Å². The van der Waals surface area contributed by atoms with Crippen LogP contribution in [0.1, 0.15) is 5.56 Å². The summed E-state index contributed by atoms with van der Waals surface area (Å²) in [5.41, 5.74) is 1.89. The molecule has 5 nitrogen and oxygen atoms in total. The molecular weight excluding hydrogens is 342 g/mol. The first-order valence-electron chi connectivity index (χ1n) is 7.31. The normalized spacial score (nSPS) is 10.9. The van der Waals surface area contributed by atoms with Gasteiger partial charge in [-0.2, -0.15) is 5.26 Å². The molecule has 0 fully saturated rings. The molecule has 0 saturated carbocycles. The fraction of sp³-hybridized carbons (Fsp3) is 0. The van der Waals surface area contributed by atoms with Gasteiger partial charge in [0.05, 0.1) is 22.4 Å². The van der Waals surface area contributed by atoms with Gasteiger partial charge in [0.15, 0.2) is 11.3 Å². The lowest BCUT2D eigenvalue weighted by Crippen LogP contribution is -1.82. The zero-order valence-electron chi connectivity index (χ0n) is 12.7. The van der Waals surface area contributed by atoms with E-state index in [1.54, 1.807) is 18.2 Å². The van der Waals surface area contributed by atoms with Gasteiger partial charge in [-0.25, -0.2) is 0 Å². The fourth-order valence-electron chi connectivity index (χ4n) is 2.78. The second-order valence-corrected chi connectivity index (χ2v) is 5.84. The summed E-state index contributed by atoms with van der Waals surface area (Å²) in [6.45, 7) is 0. The van der Waals surface area contributed by atoms with Gasteiger partial charge in [0, 0.05) is 17.0 Å². The average Bonchev–Trinajstić information content (AvgIpc) is 3.19. The number of nitrogens with zero attached hydrogens (tertiary/aromatic N) is 1. The van der Waals surface area contributed by atoms with E-state index in [9.17, 15) is 15.5 Å². The monoisotopic (exact) mass is 351 g/mol. The maximum atomic E-state index is 9.92. The molecule has 0 bridgehead atoms. The quantitative estimate of drug-likeness (QED) is 0.511. The number of phenols is 2. The van der Waals surface area contributed by atoms with E-state index in [4.69, 9.17) is 20.4 Å². The van der Waals surface area contributed by atoms with Crippen LogP contribution in [0.5, 0.6) is 11.5 Å². The number of phenolic OH excluding ortho intramolecular Hbond substituents is 2. The summed E-state index contributed by atoms with van der Waals surface area (Å²) in [7, 11) is 0. The van der Waals surface area contributed by atoms with E-state index in [0.29, 0.717) is 39.2 Å². The Hall–Kier alpha value is -3.36. The molecule has 0 saturated heterocycles. The fourth-order valence-corrected chi connectivity index (χ4v) is 3.03. The minimum Gasteiger partial charge on any atom is -0.508 e.